The van der Waals surface area contributed by atoms with Crippen LogP contribution in [0.15, 0.2) is 0 Å². The van der Waals surface area contributed by atoms with Crippen molar-refractivity contribution in [2.45, 2.75) is 51.9 Å². The van der Waals surface area contributed by atoms with Crippen LogP contribution in [0.1, 0.15) is 51.9 Å². The lowest BCUT2D eigenvalue weighted by Crippen LogP contribution is -2.44. The van der Waals surface area contributed by atoms with Crippen molar-refractivity contribution in [3.63, 3.8) is 0 Å². The molecule has 0 spiro atoms. The molecule has 0 aromatic carbocycles. The highest BCUT2D eigenvalue weighted by Crippen LogP contribution is 2.34. The van der Waals surface area contributed by atoms with Crippen molar-refractivity contribution in [1.29, 1.82) is 0 Å². The molecular weight excluding hydrogens is 212 g/mol. The predicted molar refractivity (Wildman–Crippen MR) is 69.8 cm³/mol. The number of nitrogens with one attached hydrogen (secondary N) is 2. The summed E-state index contributed by atoms with van der Waals surface area (Å²) in [6, 6.07) is 0. The number of hydrogen-bond acceptors (Lipinski definition) is 2. The molecule has 2 fully saturated rings. The van der Waals surface area contributed by atoms with Gasteiger partial charge in [0, 0.05) is 13.1 Å². The molecule has 0 aromatic rings. The number of amides is 1. The highest BCUT2D eigenvalue weighted by Gasteiger charge is 2.28. The number of piperidine rings is 1. The molecule has 1 saturated carbocycles. The number of carbonyl (C=O) groups excluding carboxylic acids is 1. The summed E-state index contributed by atoms with van der Waals surface area (Å²) in [7, 11) is 0. The fraction of sp³-hybridized carbons (Fsp3) is 0.929. The Morgan fingerprint density at radius 1 is 1.29 bits per heavy atom. The van der Waals surface area contributed by atoms with E-state index >= 15 is 0 Å². The van der Waals surface area contributed by atoms with Crippen LogP contribution in [0.3, 0.4) is 0 Å². The predicted octanol–water partition coefficient (Wildman–Crippen LogP) is 2.07. The minimum atomic E-state index is 0.205. The summed E-state index contributed by atoms with van der Waals surface area (Å²) >= 11 is 0. The molecule has 0 aromatic heterocycles. The van der Waals surface area contributed by atoms with E-state index in [0.29, 0.717) is 5.41 Å². The lowest BCUT2D eigenvalue weighted by atomic mass is 9.75. The van der Waals surface area contributed by atoms with Gasteiger partial charge in [0.15, 0.2) is 0 Å². The van der Waals surface area contributed by atoms with Gasteiger partial charge in [0.1, 0.15) is 0 Å². The maximum absolute atomic E-state index is 12.0. The SMILES string of the molecule is CC1(CNC(=O)C2CCCNC2)CCCCC1. The third-order valence-corrected chi connectivity index (χ3v) is 4.42. The van der Waals surface area contributed by atoms with E-state index in [1.165, 1.54) is 32.1 Å². The molecular formula is C14H26N2O. The molecule has 0 bridgehead atoms. The standard InChI is InChI=1S/C14H26N2O/c1-14(7-3-2-4-8-14)11-16-13(17)12-6-5-9-15-10-12/h12,15H,2-11H2,1H3,(H,16,17). The number of carbonyl (C=O) groups is 1. The van der Waals surface area contributed by atoms with Gasteiger partial charge in [-0.05, 0) is 37.6 Å². The Bertz CT molecular complexity index is 253. The summed E-state index contributed by atoms with van der Waals surface area (Å²) < 4.78 is 0. The first-order chi connectivity index (χ1) is 8.20. The summed E-state index contributed by atoms with van der Waals surface area (Å²) in [5.41, 5.74) is 0.357. The Morgan fingerprint density at radius 3 is 2.71 bits per heavy atom. The zero-order valence-electron chi connectivity index (χ0n) is 11.1. The smallest absolute Gasteiger partial charge is 0.224 e. The molecule has 1 amide bonds. The Labute approximate surface area is 105 Å². The van der Waals surface area contributed by atoms with Gasteiger partial charge in [-0.15, -0.1) is 0 Å². The lowest BCUT2D eigenvalue weighted by Gasteiger charge is -2.34. The third kappa shape index (κ3) is 3.70. The van der Waals surface area contributed by atoms with E-state index in [2.05, 4.69) is 17.6 Å². The first-order valence-electron chi connectivity index (χ1n) is 7.18. The maximum atomic E-state index is 12.0. The van der Waals surface area contributed by atoms with Crippen molar-refractivity contribution in [2.24, 2.45) is 11.3 Å². The maximum Gasteiger partial charge on any atom is 0.224 e. The molecule has 1 aliphatic carbocycles. The Kier molecular flexibility index (Phi) is 4.43. The largest absolute Gasteiger partial charge is 0.355 e. The van der Waals surface area contributed by atoms with Gasteiger partial charge < -0.3 is 10.6 Å². The summed E-state index contributed by atoms with van der Waals surface area (Å²) in [5.74, 6) is 0.472. The first-order valence-corrected chi connectivity index (χ1v) is 7.18. The zero-order valence-corrected chi connectivity index (χ0v) is 11.1. The molecule has 2 aliphatic rings. The molecule has 1 atom stereocenters. The van der Waals surface area contributed by atoms with Crippen LogP contribution in [0.4, 0.5) is 0 Å². The second-order valence-corrected chi connectivity index (χ2v) is 6.13. The van der Waals surface area contributed by atoms with Crippen LogP contribution in [0.5, 0.6) is 0 Å². The van der Waals surface area contributed by atoms with Gasteiger partial charge in [-0.2, -0.15) is 0 Å². The molecule has 1 saturated heterocycles. The van der Waals surface area contributed by atoms with Crippen molar-refractivity contribution < 1.29 is 4.79 Å². The molecule has 1 unspecified atom stereocenters. The van der Waals surface area contributed by atoms with Gasteiger partial charge in [-0.1, -0.05) is 26.2 Å². The summed E-state index contributed by atoms with van der Waals surface area (Å²) in [6.45, 7) is 5.14. The average molecular weight is 238 g/mol. The van der Waals surface area contributed by atoms with Crippen LogP contribution >= 0.6 is 0 Å². The molecule has 1 aliphatic heterocycles. The van der Waals surface area contributed by atoms with Crippen LogP contribution in [-0.2, 0) is 4.79 Å². The molecule has 0 radical (unpaired) electrons. The van der Waals surface area contributed by atoms with E-state index in [1.807, 2.05) is 0 Å². The molecule has 2 rings (SSSR count). The molecule has 3 nitrogen and oxygen atoms in total. The summed E-state index contributed by atoms with van der Waals surface area (Å²) in [6.07, 6.45) is 8.77. The van der Waals surface area contributed by atoms with Crippen molar-refractivity contribution in [3.05, 3.63) is 0 Å². The van der Waals surface area contributed by atoms with E-state index in [9.17, 15) is 4.79 Å². The Hall–Kier alpha value is -0.570. The molecule has 1 heterocycles. The number of hydrogen-bond donors (Lipinski definition) is 2. The monoisotopic (exact) mass is 238 g/mol. The number of rotatable bonds is 3. The fourth-order valence-corrected chi connectivity index (χ4v) is 3.10. The summed E-state index contributed by atoms with van der Waals surface area (Å²) in [4.78, 5) is 12.0. The van der Waals surface area contributed by atoms with E-state index < -0.39 is 0 Å². The second kappa shape index (κ2) is 5.85. The van der Waals surface area contributed by atoms with Crippen molar-refractivity contribution in [2.75, 3.05) is 19.6 Å². The van der Waals surface area contributed by atoms with Gasteiger partial charge in [-0.25, -0.2) is 0 Å². The first kappa shape index (κ1) is 12.9. The zero-order chi connectivity index (χ0) is 12.1. The summed E-state index contributed by atoms with van der Waals surface area (Å²) in [5, 5.41) is 6.49. The minimum absolute atomic E-state index is 0.205. The molecule has 17 heavy (non-hydrogen) atoms. The van der Waals surface area contributed by atoms with Crippen molar-refractivity contribution in [3.8, 4) is 0 Å². The van der Waals surface area contributed by atoms with Crippen LogP contribution < -0.4 is 10.6 Å². The molecule has 3 heteroatoms. The van der Waals surface area contributed by atoms with Gasteiger partial charge in [0.05, 0.1) is 5.92 Å². The van der Waals surface area contributed by atoms with Crippen LogP contribution in [-0.4, -0.2) is 25.5 Å². The second-order valence-electron chi connectivity index (χ2n) is 6.13. The van der Waals surface area contributed by atoms with Crippen LogP contribution in [0, 0.1) is 11.3 Å². The van der Waals surface area contributed by atoms with Crippen molar-refractivity contribution in [1.82, 2.24) is 10.6 Å². The minimum Gasteiger partial charge on any atom is -0.355 e. The van der Waals surface area contributed by atoms with E-state index in [-0.39, 0.29) is 11.8 Å². The van der Waals surface area contributed by atoms with Crippen LogP contribution in [0.2, 0.25) is 0 Å². The van der Waals surface area contributed by atoms with Gasteiger partial charge in [0.25, 0.3) is 0 Å². The third-order valence-electron chi connectivity index (χ3n) is 4.42. The normalized spacial score (nSPS) is 28.6. The van der Waals surface area contributed by atoms with Crippen molar-refractivity contribution >= 4 is 5.91 Å². The van der Waals surface area contributed by atoms with Gasteiger partial charge >= 0.3 is 0 Å². The van der Waals surface area contributed by atoms with E-state index in [1.54, 1.807) is 0 Å². The lowest BCUT2D eigenvalue weighted by molar-refractivity contribution is -0.126. The molecule has 98 valence electrons. The van der Waals surface area contributed by atoms with Crippen LogP contribution in [0.25, 0.3) is 0 Å². The Balaban J connectivity index is 1.74. The average Bonchev–Trinajstić information content (AvgIpc) is 2.38. The fourth-order valence-electron chi connectivity index (χ4n) is 3.10. The van der Waals surface area contributed by atoms with Gasteiger partial charge in [0.2, 0.25) is 5.91 Å². The van der Waals surface area contributed by atoms with E-state index in [4.69, 9.17) is 0 Å². The van der Waals surface area contributed by atoms with Gasteiger partial charge in [-0.3, -0.25) is 4.79 Å². The Morgan fingerprint density at radius 2 is 2.06 bits per heavy atom. The quantitative estimate of drug-likeness (QED) is 0.790. The topological polar surface area (TPSA) is 41.1 Å². The highest BCUT2D eigenvalue weighted by atomic mass is 16.1. The highest BCUT2D eigenvalue weighted by molar-refractivity contribution is 5.79. The molecule has 2 N–H and O–H groups in total. The van der Waals surface area contributed by atoms with E-state index in [0.717, 1.165) is 32.5 Å².